The zero-order valence-corrected chi connectivity index (χ0v) is 10.4. The van der Waals surface area contributed by atoms with E-state index in [-0.39, 0.29) is 0 Å². The first-order valence-electron chi connectivity index (χ1n) is 5.30. The lowest BCUT2D eigenvalue weighted by molar-refractivity contribution is 0.0410. The zero-order valence-electron chi connectivity index (χ0n) is 8.88. The molecule has 0 radical (unpaired) electrons. The van der Waals surface area contributed by atoms with Crippen LogP contribution in [0.2, 0.25) is 0 Å². The molecule has 1 heterocycles. The van der Waals surface area contributed by atoms with Gasteiger partial charge in [-0.2, -0.15) is 11.8 Å². The second-order valence-corrected chi connectivity index (χ2v) is 5.54. The fourth-order valence-electron chi connectivity index (χ4n) is 1.44. The van der Waals surface area contributed by atoms with Crippen molar-refractivity contribution in [3.8, 4) is 0 Å². The third-order valence-corrected chi connectivity index (χ3v) is 3.87. The van der Waals surface area contributed by atoms with Crippen LogP contribution in [-0.2, 0) is 4.74 Å². The van der Waals surface area contributed by atoms with E-state index in [1.54, 1.807) is 0 Å². The van der Waals surface area contributed by atoms with Crippen molar-refractivity contribution in [1.29, 1.82) is 0 Å². The number of nitrogens with zero attached hydrogens (tertiary/aromatic N) is 1. The summed E-state index contributed by atoms with van der Waals surface area (Å²) in [5.74, 6) is 2.00. The number of alkyl halides is 1. The standard InChI is InChI=1S/C10H20ClNOS/c1-10(2-3-11)14-9-6-12-4-7-13-8-5-12/h10H,2-9H2,1H3. The molecule has 1 aliphatic heterocycles. The van der Waals surface area contributed by atoms with E-state index < -0.39 is 0 Å². The predicted octanol–water partition coefficient (Wildman–Crippen LogP) is 2.07. The highest BCUT2D eigenvalue weighted by Gasteiger charge is 2.10. The number of halogens is 1. The van der Waals surface area contributed by atoms with Gasteiger partial charge in [-0.15, -0.1) is 11.6 Å². The summed E-state index contributed by atoms with van der Waals surface area (Å²) in [7, 11) is 0. The first-order valence-corrected chi connectivity index (χ1v) is 6.89. The van der Waals surface area contributed by atoms with E-state index in [9.17, 15) is 0 Å². The molecule has 1 aliphatic rings. The molecule has 0 aromatic rings. The molecule has 1 fully saturated rings. The third kappa shape index (κ3) is 5.44. The summed E-state index contributed by atoms with van der Waals surface area (Å²) in [4.78, 5) is 2.48. The minimum absolute atomic E-state index is 0.702. The maximum atomic E-state index is 5.68. The summed E-state index contributed by atoms with van der Waals surface area (Å²) in [6.07, 6.45) is 1.12. The van der Waals surface area contributed by atoms with E-state index >= 15 is 0 Å². The molecule has 0 aromatic heterocycles. The average Bonchev–Trinajstić information content (AvgIpc) is 2.20. The van der Waals surface area contributed by atoms with Crippen LogP contribution in [0.1, 0.15) is 13.3 Å². The van der Waals surface area contributed by atoms with Crippen LogP contribution >= 0.6 is 23.4 Å². The Morgan fingerprint density at radius 2 is 2.14 bits per heavy atom. The van der Waals surface area contributed by atoms with Gasteiger partial charge in [-0.25, -0.2) is 0 Å². The van der Waals surface area contributed by atoms with E-state index in [1.165, 1.54) is 12.3 Å². The van der Waals surface area contributed by atoms with Crippen molar-refractivity contribution in [3.63, 3.8) is 0 Å². The van der Waals surface area contributed by atoms with Crippen molar-refractivity contribution in [1.82, 2.24) is 4.90 Å². The molecule has 1 unspecified atom stereocenters. The van der Waals surface area contributed by atoms with Crippen LogP contribution in [0.3, 0.4) is 0 Å². The first-order chi connectivity index (χ1) is 6.83. The van der Waals surface area contributed by atoms with Crippen LogP contribution in [0.5, 0.6) is 0 Å². The highest BCUT2D eigenvalue weighted by atomic mass is 35.5. The minimum atomic E-state index is 0.702. The lowest BCUT2D eigenvalue weighted by Gasteiger charge is -2.26. The lowest BCUT2D eigenvalue weighted by atomic mass is 10.4. The number of hydrogen-bond acceptors (Lipinski definition) is 3. The normalized spacial score (nSPS) is 21.0. The molecule has 1 rings (SSSR count). The van der Waals surface area contributed by atoms with Gasteiger partial charge in [-0.1, -0.05) is 6.92 Å². The number of thioether (sulfide) groups is 1. The maximum absolute atomic E-state index is 5.68. The van der Waals surface area contributed by atoms with Crippen LogP contribution in [-0.4, -0.2) is 54.6 Å². The van der Waals surface area contributed by atoms with Crippen molar-refractivity contribution < 1.29 is 4.74 Å². The number of morpholine rings is 1. The Bertz CT molecular complexity index is 142. The van der Waals surface area contributed by atoms with E-state index in [2.05, 4.69) is 11.8 Å². The highest BCUT2D eigenvalue weighted by molar-refractivity contribution is 7.99. The molecule has 1 atom stereocenters. The second kappa shape index (κ2) is 7.80. The molecule has 14 heavy (non-hydrogen) atoms. The monoisotopic (exact) mass is 237 g/mol. The van der Waals surface area contributed by atoms with Crippen molar-refractivity contribution in [3.05, 3.63) is 0 Å². The van der Waals surface area contributed by atoms with Gasteiger partial charge in [0.25, 0.3) is 0 Å². The topological polar surface area (TPSA) is 12.5 Å². The molecular formula is C10H20ClNOS. The highest BCUT2D eigenvalue weighted by Crippen LogP contribution is 2.14. The van der Waals surface area contributed by atoms with Crippen LogP contribution in [0, 0.1) is 0 Å². The second-order valence-electron chi connectivity index (χ2n) is 3.61. The molecule has 0 amide bonds. The van der Waals surface area contributed by atoms with E-state index in [0.29, 0.717) is 5.25 Å². The van der Waals surface area contributed by atoms with E-state index in [1.807, 2.05) is 11.8 Å². The van der Waals surface area contributed by atoms with Gasteiger partial charge in [-0.3, -0.25) is 4.90 Å². The Hall–Kier alpha value is 0.560. The van der Waals surface area contributed by atoms with E-state index in [0.717, 1.165) is 38.6 Å². The average molecular weight is 238 g/mol. The van der Waals surface area contributed by atoms with Gasteiger partial charge < -0.3 is 4.74 Å². The summed E-state index contributed by atoms with van der Waals surface area (Å²) in [6, 6.07) is 0. The predicted molar refractivity (Wildman–Crippen MR) is 64.5 cm³/mol. The summed E-state index contributed by atoms with van der Waals surface area (Å²) < 4.78 is 5.30. The number of hydrogen-bond donors (Lipinski definition) is 0. The number of rotatable bonds is 6. The van der Waals surface area contributed by atoms with Crippen LogP contribution in [0.25, 0.3) is 0 Å². The fourth-order valence-corrected chi connectivity index (χ4v) is 2.95. The Balaban J connectivity index is 1.96. The molecule has 1 saturated heterocycles. The Morgan fingerprint density at radius 3 is 2.79 bits per heavy atom. The molecule has 0 aliphatic carbocycles. The number of ether oxygens (including phenoxy) is 1. The van der Waals surface area contributed by atoms with Gasteiger partial charge in [0.1, 0.15) is 0 Å². The zero-order chi connectivity index (χ0) is 10.2. The summed E-state index contributed by atoms with van der Waals surface area (Å²) in [5, 5.41) is 0.702. The van der Waals surface area contributed by atoms with Gasteiger partial charge in [-0.05, 0) is 6.42 Å². The van der Waals surface area contributed by atoms with Crippen molar-refractivity contribution in [2.24, 2.45) is 0 Å². The van der Waals surface area contributed by atoms with Gasteiger partial charge >= 0.3 is 0 Å². The molecule has 4 heteroatoms. The smallest absolute Gasteiger partial charge is 0.0594 e. The van der Waals surface area contributed by atoms with Crippen LogP contribution < -0.4 is 0 Å². The minimum Gasteiger partial charge on any atom is -0.379 e. The molecule has 0 aromatic carbocycles. The molecule has 0 bridgehead atoms. The Morgan fingerprint density at radius 1 is 1.43 bits per heavy atom. The Labute approximate surface area is 96.3 Å². The molecule has 84 valence electrons. The SMILES string of the molecule is CC(CCCl)SCCN1CCOCC1. The van der Waals surface area contributed by atoms with Gasteiger partial charge in [0.15, 0.2) is 0 Å². The summed E-state index contributed by atoms with van der Waals surface area (Å²) in [6.45, 7) is 7.46. The Kier molecular flexibility index (Phi) is 7.04. The van der Waals surface area contributed by atoms with Crippen molar-refractivity contribution in [2.75, 3.05) is 44.5 Å². The molecular weight excluding hydrogens is 218 g/mol. The van der Waals surface area contributed by atoms with Crippen LogP contribution in [0.15, 0.2) is 0 Å². The molecule has 0 N–H and O–H groups in total. The fraction of sp³-hybridized carbons (Fsp3) is 1.00. The summed E-state index contributed by atoms with van der Waals surface area (Å²) >= 11 is 7.71. The van der Waals surface area contributed by atoms with Gasteiger partial charge in [0, 0.05) is 36.5 Å². The maximum Gasteiger partial charge on any atom is 0.0594 e. The van der Waals surface area contributed by atoms with Crippen LogP contribution in [0.4, 0.5) is 0 Å². The molecule has 0 spiro atoms. The van der Waals surface area contributed by atoms with Gasteiger partial charge in [0.2, 0.25) is 0 Å². The first kappa shape index (κ1) is 12.6. The van der Waals surface area contributed by atoms with Crippen molar-refractivity contribution >= 4 is 23.4 Å². The largest absolute Gasteiger partial charge is 0.379 e. The van der Waals surface area contributed by atoms with Gasteiger partial charge in [0.05, 0.1) is 13.2 Å². The third-order valence-electron chi connectivity index (χ3n) is 2.43. The molecule has 0 saturated carbocycles. The molecule has 2 nitrogen and oxygen atoms in total. The quantitative estimate of drug-likeness (QED) is 0.657. The summed E-state index contributed by atoms with van der Waals surface area (Å²) in [5.41, 5.74) is 0. The lowest BCUT2D eigenvalue weighted by Crippen LogP contribution is -2.37. The van der Waals surface area contributed by atoms with Crippen molar-refractivity contribution in [2.45, 2.75) is 18.6 Å². The van der Waals surface area contributed by atoms with E-state index in [4.69, 9.17) is 16.3 Å².